The topological polar surface area (TPSA) is 20.2 Å². The molecule has 1 fully saturated rings. The Kier molecular flexibility index (Phi) is 4.43. The van der Waals surface area contributed by atoms with E-state index in [2.05, 4.69) is 40.3 Å². The number of aromatic nitrogens is 1. The zero-order chi connectivity index (χ0) is 11.2. The summed E-state index contributed by atoms with van der Waals surface area (Å²) in [4.78, 5) is 2.57. The van der Waals surface area contributed by atoms with Crippen molar-refractivity contribution >= 4 is 0 Å². The minimum atomic E-state index is 1.00. The highest BCUT2D eigenvalue weighted by molar-refractivity contribution is 5.09. The van der Waals surface area contributed by atoms with Gasteiger partial charge in [0.05, 0.1) is 0 Å². The third kappa shape index (κ3) is 3.65. The number of hydrogen-bond acceptors (Lipinski definition) is 2. The van der Waals surface area contributed by atoms with Crippen LogP contribution in [0.15, 0.2) is 18.5 Å². The Labute approximate surface area is 98.4 Å². The molecule has 1 aromatic rings. The number of aryl methyl sites for hydroxylation is 1. The summed E-state index contributed by atoms with van der Waals surface area (Å²) >= 11 is 0. The van der Waals surface area contributed by atoms with Crippen LogP contribution in [0, 0.1) is 0 Å². The molecule has 2 rings (SSSR count). The molecular formula is C13H23N3. The zero-order valence-electron chi connectivity index (χ0n) is 10.3. The fraction of sp³-hybridized carbons (Fsp3) is 0.692. The van der Waals surface area contributed by atoms with Gasteiger partial charge in [-0.1, -0.05) is 0 Å². The zero-order valence-corrected chi connectivity index (χ0v) is 10.3. The van der Waals surface area contributed by atoms with E-state index < -0.39 is 0 Å². The second-order valence-corrected chi connectivity index (χ2v) is 4.76. The first-order chi connectivity index (χ1) is 7.84. The number of nitrogens with one attached hydrogen (secondary N) is 1. The molecule has 0 saturated carbocycles. The van der Waals surface area contributed by atoms with Gasteiger partial charge in [0.2, 0.25) is 0 Å². The highest BCUT2D eigenvalue weighted by atomic mass is 15.1. The van der Waals surface area contributed by atoms with Crippen LogP contribution in [0.2, 0.25) is 0 Å². The molecule has 1 aromatic heterocycles. The van der Waals surface area contributed by atoms with Crippen LogP contribution in [0.25, 0.3) is 0 Å². The third-order valence-corrected chi connectivity index (χ3v) is 3.25. The average molecular weight is 221 g/mol. The van der Waals surface area contributed by atoms with E-state index in [1.165, 1.54) is 44.5 Å². The second-order valence-electron chi connectivity index (χ2n) is 4.76. The lowest BCUT2D eigenvalue weighted by atomic mass is 10.3. The van der Waals surface area contributed by atoms with Gasteiger partial charge in [-0.3, -0.25) is 0 Å². The van der Waals surface area contributed by atoms with Crippen LogP contribution in [0.3, 0.4) is 0 Å². The molecular weight excluding hydrogens is 198 g/mol. The van der Waals surface area contributed by atoms with E-state index in [-0.39, 0.29) is 0 Å². The summed E-state index contributed by atoms with van der Waals surface area (Å²) < 4.78 is 2.10. The van der Waals surface area contributed by atoms with E-state index in [1.54, 1.807) is 0 Å². The average Bonchev–Trinajstić information content (AvgIpc) is 2.89. The molecule has 0 radical (unpaired) electrons. The molecule has 0 aromatic carbocycles. The van der Waals surface area contributed by atoms with E-state index in [9.17, 15) is 0 Å². The molecule has 1 saturated heterocycles. The van der Waals surface area contributed by atoms with Crippen molar-refractivity contribution in [1.82, 2.24) is 14.8 Å². The predicted molar refractivity (Wildman–Crippen MR) is 67.4 cm³/mol. The molecule has 3 nitrogen and oxygen atoms in total. The van der Waals surface area contributed by atoms with Crippen molar-refractivity contribution in [3.63, 3.8) is 0 Å². The van der Waals surface area contributed by atoms with E-state index in [0.717, 1.165) is 13.1 Å². The Hall–Kier alpha value is -0.800. The fourth-order valence-corrected chi connectivity index (χ4v) is 2.33. The number of hydrogen-bond donors (Lipinski definition) is 1. The SMILES string of the molecule is Cn1ccc(CNCCCN2CCCC2)c1. The molecule has 0 atom stereocenters. The van der Waals surface area contributed by atoms with E-state index in [1.807, 2.05) is 0 Å². The van der Waals surface area contributed by atoms with Gasteiger partial charge in [-0.05, 0) is 57.1 Å². The quantitative estimate of drug-likeness (QED) is 0.736. The maximum absolute atomic E-state index is 3.50. The molecule has 3 heteroatoms. The standard InChI is InChI=1S/C13H23N3/c1-15-10-5-13(12-15)11-14-6-4-9-16-7-2-3-8-16/h5,10,12,14H,2-4,6-9,11H2,1H3. The van der Waals surface area contributed by atoms with Crippen molar-refractivity contribution in [3.05, 3.63) is 24.0 Å². The smallest absolute Gasteiger partial charge is 0.0220 e. The Balaban J connectivity index is 1.51. The van der Waals surface area contributed by atoms with Gasteiger partial charge in [-0.2, -0.15) is 0 Å². The van der Waals surface area contributed by atoms with Crippen LogP contribution in [0.5, 0.6) is 0 Å². The Bertz CT molecular complexity index is 300. The van der Waals surface area contributed by atoms with Crippen molar-refractivity contribution in [1.29, 1.82) is 0 Å². The van der Waals surface area contributed by atoms with Crippen LogP contribution in [0.4, 0.5) is 0 Å². The molecule has 0 amide bonds. The van der Waals surface area contributed by atoms with E-state index >= 15 is 0 Å². The molecule has 2 heterocycles. The Morgan fingerprint density at radius 3 is 2.81 bits per heavy atom. The van der Waals surface area contributed by atoms with Gasteiger partial charge in [-0.25, -0.2) is 0 Å². The van der Waals surface area contributed by atoms with Gasteiger partial charge in [0.25, 0.3) is 0 Å². The lowest BCUT2D eigenvalue weighted by molar-refractivity contribution is 0.331. The summed E-state index contributed by atoms with van der Waals surface area (Å²) in [5.41, 5.74) is 1.38. The monoisotopic (exact) mass is 221 g/mol. The summed E-state index contributed by atoms with van der Waals surface area (Å²) in [6.45, 7) is 6.03. The lowest BCUT2D eigenvalue weighted by Crippen LogP contribution is -2.24. The largest absolute Gasteiger partial charge is 0.357 e. The van der Waals surface area contributed by atoms with Crippen molar-refractivity contribution in [3.8, 4) is 0 Å². The van der Waals surface area contributed by atoms with Gasteiger partial charge in [-0.15, -0.1) is 0 Å². The van der Waals surface area contributed by atoms with Crippen LogP contribution in [-0.2, 0) is 13.6 Å². The molecule has 0 bridgehead atoms. The van der Waals surface area contributed by atoms with Gasteiger partial charge in [0.15, 0.2) is 0 Å². The van der Waals surface area contributed by atoms with Gasteiger partial charge in [0, 0.05) is 26.0 Å². The van der Waals surface area contributed by atoms with Crippen LogP contribution >= 0.6 is 0 Å². The van der Waals surface area contributed by atoms with Gasteiger partial charge < -0.3 is 14.8 Å². The Morgan fingerprint density at radius 2 is 2.12 bits per heavy atom. The molecule has 1 aliphatic rings. The van der Waals surface area contributed by atoms with Crippen molar-refractivity contribution < 1.29 is 0 Å². The third-order valence-electron chi connectivity index (χ3n) is 3.25. The minimum Gasteiger partial charge on any atom is -0.357 e. The second kappa shape index (κ2) is 6.06. The van der Waals surface area contributed by atoms with Crippen molar-refractivity contribution in [2.75, 3.05) is 26.2 Å². The molecule has 0 unspecified atom stereocenters. The molecule has 0 spiro atoms. The summed E-state index contributed by atoms with van der Waals surface area (Å²) in [5.74, 6) is 0. The predicted octanol–water partition coefficient (Wildman–Crippen LogP) is 1.60. The minimum absolute atomic E-state index is 1.00. The van der Waals surface area contributed by atoms with Crippen molar-refractivity contribution in [2.45, 2.75) is 25.8 Å². The molecule has 1 aliphatic heterocycles. The maximum atomic E-state index is 3.50. The summed E-state index contributed by atoms with van der Waals surface area (Å²) in [6, 6.07) is 2.17. The van der Waals surface area contributed by atoms with E-state index in [4.69, 9.17) is 0 Å². The van der Waals surface area contributed by atoms with Gasteiger partial charge in [0.1, 0.15) is 0 Å². The first-order valence-electron chi connectivity index (χ1n) is 6.38. The van der Waals surface area contributed by atoms with E-state index in [0.29, 0.717) is 0 Å². The summed E-state index contributed by atoms with van der Waals surface area (Å²) in [6.07, 6.45) is 8.34. The first kappa shape index (κ1) is 11.7. The number of rotatable bonds is 6. The van der Waals surface area contributed by atoms with Gasteiger partial charge >= 0.3 is 0 Å². The number of nitrogens with zero attached hydrogens (tertiary/aromatic N) is 2. The molecule has 1 N–H and O–H groups in total. The summed E-state index contributed by atoms with van der Waals surface area (Å²) in [7, 11) is 2.07. The maximum Gasteiger partial charge on any atom is 0.0220 e. The first-order valence-corrected chi connectivity index (χ1v) is 6.38. The normalized spacial score (nSPS) is 17.1. The fourth-order valence-electron chi connectivity index (χ4n) is 2.33. The molecule has 90 valence electrons. The van der Waals surface area contributed by atoms with Crippen molar-refractivity contribution in [2.24, 2.45) is 7.05 Å². The number of likely N-dealkylation sites (tertiary alicyclic amines) is 1. The highest BCUT2D eigenvalue weighted by Crippen LogP contribution is 2.07. The van der Waals surface area contributed by atoms with Crippen LogP contribution < -0.4 is 5.32 Å². The lowest BCUT2D eigenvalue weighted by Gasteiger charge is -2.14. The van der Waals surface area contributed by atoms with Crippen LogP contribution in [-0.4, -0.2) is 35.6 Å². The summed E-state index contributed by atoms with van der Waals surface area (Å²) in [5, 5.41) is 3.50. The Morgan fingerprint density at radius 1 is 1.31 bits per heavy atom. The van der Waals surface area contributed by atoms with Crippen LogP contribution in [0.1, 0.15) is 24.8 Å². The highest BCUT2D eigenvalue weighted by Gasteiger charge is 2.09. The molecule has 16 heavy (non-hydrogen) atoms. The molecule has 0 aliphatic carbocycles.